The maximum Gasteiger partial charge on any atom is 0.343 e. The molecule has 1 N–H and O–H groups in total. The molecule has 2 aromatic carbocycles. The van der Waals surface area contributed by atoms with Crippen molar-refractivity contribution >= 4 is 18.1 Å². The number of carbonyl (C=O) groups is 2. The predicted octanol–water partition coefficient (Wildman–Crippen LogP) is 3.60. The Morgan fingerprint density at radius 1 is 0.969 bits per heavy atom. The van der Waals surface area contributed by atoms with Crippen LogP contribution < -0.4 is 24.4 Å². The molecule has 0 bridgehead atoms. The maximum atomic E-state index is 12.6. The number of hydrogen-bond donors (Lipinski definition) is 1. The van der Waals surface area contributed by atoms with E-state index in [1.165, 1.54) is 45.9 Å². The summed E-state index contributed by atoms with van der Waals surface area (Å²) in [5.41, 5.74) is 3.77. The number of nitrogens with one attached hydrogen (secondary N) is 1. The van der Waals surface area contributed by atoms with Crippen LogP contribution in [0.1, 0.15) is 32.0 Å². The number of methoxy groups -OCH3 is 3. The van der Waals surface area contributed by atoms with Gasteiger partial charge in [0.15, 0.2) is 11.5 Å². The van der Waals surface area contributed by atoms with Crippen molar-refractivity contribution < 1.29 is 33.0 Å². The Hall–Kier alpha value is -4.27. The first-order valence-corrected chi connectivity index (χ1v) is 9.46. The van der Waals surface area contributed by atoms with Crippen LogP contribution in [0.2, 0.25) is 0 Å². The second-order valence-electron chi connectivity index (χ2n) is 6.46. The smallest absolute Gasteiger partial charge is 0.343 e. The molecule has 32 heavy (non-hydrogen) atoms. The van der Waals surface area contributed by atoms with Crippen LogP contribution in [0.5, 0.6) is 23.0 Å². The van der Waals surface area contributed by atoms with Crippen LogP contribution in [0.25, 0.3) is 0 Å². The number of rotatable bonds is 8. The summed E-state index contributed by atoms with van der Waals surface area (Å²) in [5, 5.41) is 3.92. The molecule has 1 heterocycles. The molecule has 0 radical (unpaired) electrons. The molecular weight excluding hydrogens is 416 g/mol. The number of aryl methyl sites for hydroxylation is 1. The molecule has 0 atom stereocenters. The third-order valence-corrected chi connectivity index (χ3v) is 4.47. The average molecular weight is 438 g/mol. The van der Waals surface area contributed by atoms with Crippen molar-refractivity contribution in [2.75, 3.05) is 21.3 Å². The van der Waals surface area contributed by atoms with E-state index in [1.807, 2.05) is 0 Å². The van der Waals surface area contributed by atoms with Crippen LogP contribution in [0.4, 0.5) is 0 Å². The lowest BCUT2D eigenvalue weighted by Gasteiger charge is -2.13. The molecule has 0 aliphatic rings. The van der Waals surface area contributed by atoms with Gasteiger partial charge in [-0.05, 0) is 55.0 Å². The highest BCUT2D eigenvalue weighted by Gasteiger charge is 2.18. The van der Waals surface area contributed by atoms with E-state index in [-0.39, 0.29) is 11.5 Å². The second-order valence-corrected chi connectivity index (χ2v) is 6.46. The van der Waals surface area contributed by atoms with Gasteiger partial charge in [-0.15, -0.1) is 0 Å². The molecule has 166 valence electrons. The van der Waals surface area contributed by atoms with Gasteiger partial charge in [-0.1, -0.05) is 0 Å². The van der Waals surface area contributed by atoms with E-state index in [0.717, 1.165) is 0 Å². The predicted molar refractivity (Wildman–Crippen MR) is 116 cm³/mol. The zero-order valence-corrected chi connectivity index (χ0v) is 18.0. The average Bonchev–Trinajstić information content (AvgIpc) is 3.24. The summed E-state index contributed by atoms with van der Waals surface area (Å²) in [6.07, 6.45) is 2.91. The number of hydrazone groups is 1. The van der Waals surface area contributed by atoms with Crippen molar-refractivity contribution in [2.24, 2.45) is 5.10 Å². The number of esters is 1. The molecule has 1 aromatic heterocycles. The molecule has 0 fully saturated rings. The highest BCUT2D eigenvalue weighted by Crippen LogP contribution is 2.38. The summed E-state index contributed by atoms with van der Waals surface area (Å²) in [5.74, 6) is 0.952. The Labute approximate surface area is 184 Å². The number of ether oxygens (including phenoxy) is 4. The van der Waals surface area contributed by atoms with Crippen molar-refractivity contribution in [3.05, 3.63) is 71.2 Å². The zero-order valence-electron chi connectivity index (χ0n) is 18.0. The van der Waals surface area contributed by atoms with Crippen LogP contribution in [0, 0.1) is 6.92 Å². The van der Waals surface area contributed by atoms with Crippen LogP contribution in [-0.2, 0) is 0 Å². The molecule has 3 aromatic rings. The Balaban J connectivity index is 1.65. The van der Waals surface area contributed by atoms with Gasteiger partial charge < -0.3 is 23.4 Å². The minimum atomic E-state index is -0.589. The molecular formula is C23H22N2O7. The first-order chi connectivity index (χ1) is 15.5. The molecule has 0 saturated carbocycles. The molecule has 0 aliphatic carbocycles. The Kier molecular flexibility index (Phi) is 7.12. The fourth-order valence-electron chi connectivity index (χ4n) is 2.83. The molecule has 9 nitrogen and oxygen atoms in total. The molecule has 3 rings (SSSR count). The standard InChI is InChI=1S/C23H22N2O7/c1-14-18(9-10-31-14)22(26)25-24-13-15-5-7-17(8-6-15)32-23(27)16-11-19(28-2)21(30-4)20(12-16)29-3/h5-13H,1-4H3,(H,25,26). The first kappa shape index (κ1) is 22.4. The van der Waals surface area contributed by atoms with Gasteiger partial charge in [0.1, 0.15) is 11.5 Å². The topological polar surface area (TPSA) is 109 Å². The molecule has 0 aliphatic heterocycles. The van der Waals surface area contributed by atoms with E-state index in [4.69, 9.17) is 23.4 Å². The molecule has 9 heteroatoms. The minimum Gasteiger partial charge on any atom is -0.493 e. The van der Waals surface area contributed by atoms with E-state index in [2.05, 4.69) is 10.5 Å². The van der Waals surface area contributed by atoms with Gasteiger partial charge in [0.25, 0.3) is 5.91 Å². The van der Waals surface area contributed by atoms with E-state index < -0.39 is 5.97 Å². The van der Waals surface area contributed by atoms with Gasteiger partial charge in [-0.25, -0.2) is 10.2 Å². The van der Waals surface area contributed by atoms with Gasteiger partial charge in [-0.2, -0.15) is 5.10 Å². The molecule has 0 saturated heterocycles. The number of hydrogen-bond acceptors (Lipinski definition) is 8. The lowest BCUT2D eigenvalue weighted by atomic mass is 10.2. The van der Waals surface area contributed by atoms with Crippen LogP contribution in [0.15, 0.2) is 58.2 Å². The number of benzene rings is 2. The van der Waals surface area contributed by atoms with Gasteiger partial charge in [0.2, 0.25) is 5.75 Å². The van der Waals surface area contributed by atoms with Crippen LogP contribution in [-0.4, -0.2) is 39.4 Å². The van der Waals surface area contributed by atoms with Gasteiger partial charge >= 0.3 is 5.97 Å². The molecule has 0 unspecified atom stereocenters. The second kappa shape index (κ2) is 10.2. The van der Waals surface area contributed by atoms with Crippen molar-refractivity contribution in [2.45, 2.75) is 6.92 Å². The van der Waals surface area contributed by atoms with Crippen molar-refractivity contribution in [1.82, 2.24) is 5.43 Å². The zero-order chi connectivity index (χ0) is 23.1. The lowest BCUT2D eigenvalue weighted by molar-refractivity contribution is 0.0733. The Morgan fingerprint density at radius 2 is 1.62 bits per heavy atom. The number of amides is 1. The summed E-state index contributed by atoms with van der Waals surface area (Å²) >= 11 is 0. The summed E-state index contributed by atoms with van der Waals surface area (Å²) in [4.78, 5) is 24.6. The van der Waals surface area contributed by atoms with Crippen molar-refractivity contribution in [3.63, 3.8) is 0 Å². The van der Waals surface area contributed by atoms with Crippen molar-refractivity contribution in [1.29, 1.82) is 0 Å². The first-order valence-electron chi connectivity index (χ1n) is 9.46. The quantitative estimate of drug-likeness (QED) is 0.248. The van der Waals surface area contributed by atoms with E-state index >= 15 is 0 Å². The van der Waals surface area contributed by atoms with Crippen LogP contribution >= 0.6 is 0 Å². The van der Waals surface area contributed by atoms with Crippen molar-refractivity contribution in [3.8, 4) is 23.0 Å². The van der Waals surface area contributed by atoms with Crippen LogP contribution in [0.3, 0.4) is 0 Å². The van der Waals surface area contributed by atoms with Gasteiger partial charge in [0.05, 0.1) is 44.9 Å². The lowest BCUT2D eigenvalue weighted by Crippen LogP contribution is -2.17. The Bertz CT molecular complexity index is 1110. The number of nitrogens with zero attached hydrogens (tertiary/aromatic N) is 1. The molecule has 0 spiro atoms. The Morgan fingerprint density at radius 3 is 2.16 bits per heavy atom. The minimum absolute atomic E-state index is 0.238. The maximum absolute atomic E-state index is 12.6. The largest absolute Gasteiger partial charge is 0.493 e. The fraction of sp³-hybridized carbons (Fsp3) is 0.174. The van der Waals surface area contributed by atoms with Gasteiger partial charge in [0, 0.05) is 0 Å². The number of furan rings is 1. The summed E-state index contributed by atoms with van der Waals surface area (Å²) in [7, 11) is 4.41. The van der Waals surface area contributed by atoms with Gasteiger partial charge in [-0.3, -0.25) is 4.79 Å². The normalized spacial score (nSPS) is 10.6. The summed E-state index contributed by atoms with van der Waals surface area (Å²) in [6.45, 7) is 1.69. The summed E-state index contributed by atoms with van der Waals surface area (Å²) < 4.78 is 26.3. The fourth-order valence-corrected chi connectivity index (χ4v) is 2.83. The molecule has 1 amide bonds. The highest BCUT2D eigenvalue weighted by atomic mass is 16.5. The highest BCUT2D eigenvalue weighted by molar-refractivity contribution is 5.95. The SMILES string of the molecule is COc1cc(C(=O)Oc2ccc(C=NNC(=O)c3ccoc3C)cc2)cc(OC)c1OC. The monoisotopic (exact) mass is 438 g/mol. The van der Waals surface area contributed by atoms with E-state index in [9.17, 15) is 9.59 Å². The third-order valence-electron chi connectivity index (χ3n) is 4.47. The summed E-state index contributed by atoms with van der Waals surface area (Å²) in [6, 6.07) is 11.2. The van der Waals surface area contributed by atoms with E-state index in [1.54, 1.807) is 37.3 Å². The third kappa shape index (κ3) is 5.07. The van der Waals surface area contributed by atoms with E-state index in [0.29, 0.717) is 39.9 Å². The number of carbonyl (C=O) groups excluding carboxylic acids is 2.